The van der Waals surface area contributed by atoms with Crippen LogP contribution in [0.4, 0.5) is 5.69 Å². The Morgan fingerprint density at radius 3 is 2.66 bits per heavy atom. The summed E-state index contributed by atoms with van der Waals surface area (Å²) in [6, 6.07) is 11.4. The van der Waals surface area contributed by atoms with E-state index in [1.807, 2.05) is 48.1 Å². The number of nitrogens with zero attached hydrogens (tertiary/aromatic N) is 7. The second-order valence-electron chi connectivity index (χ2n) is 7.80. The lowest BCUT2D eigenvalue weighted by atomic mass is 10.2. The van der Waals surface area contributed by atoms with Crippen molar-refractivity contribution in [3.63, 3.8) is 0 Å². The Labute approximate surface area is 209 Å². The van der Waals surface area contributed by atoms with E-state index in [4.69, 9.17) is 4.74 Å². The van der Waals surface area contributed by atoms with E-state index < -0.39 is 0 Å². The fourth-order valence-corrected chi connectivity index (χ4v) is 4.09. The Kier molecular flexibility index (Phi) is 6.32. The van der Waals surface area contributed by atoms with Gasteiger partial charge in [0.2, 0.25) is 0 Å². The van der Waals surface area contributed by atoms with E-state index in [1.165, 1.54) is 5.56 Å². The number of aryl methyl sites for hydroxylation is 2. The minimum absolute atomic E-state index is 0.224. The molecule has 5 rings (SSSR count). The summed E-state index contributed by atoms with van der Waals surface area (Å²) in [7, 11) is 0. The molecule has 0 aliphatic carbocycles. The highest BCUT2D eigenvalue weighted by molar-refractivity contribution is 9.10. The molecule has 4 aromatic heterocycles. The average molecular weight is 535 g/mol. The predicted molar refractivity (Wildman–Crippen MR) is 134 cm³/mol. The van der Waals surface area contributed by atoms with Crippen molar-refractivity contribution < 1.29 is 9.53 Å². The van der Waals surface area contributed by atoms with Crippen molar-refractivity contribution in [2.75, 3.05) is 5.32 Å². The quantitative estimate of drug-likeness (QED) is 0.316. The van der Waals surface area contributed by atoms with Gasteiger partial charge in [-0.25, -0.2) is 14.2 Å². The van der Waals surface area contributed by atoms with Crippen molar-refractivity contribution in [2.45, 2.75) is 33.5 Å². The van der Waals surface area contributed by atoms with Gasteiger partial charge in [0.05, 0.1) is 28.2 Å². The van der Waals surface area contributed by atoms with Crippen LogP contribution in [-0.2, 0) is 19.7 Å². The first-order valence-electron chi connectivity index (χ1n) is 11.2. The number of hydrogen-bond acceptors (Lipinski definition) is 6. The Hall–Kier alpha value is -3.99. The van der Waals surface area contributed by atoms with E-state index in [2.05, 4.69) is 48.5 Å². The lowest BCUT2D eigenvalue weighted by Gasteiger charge is -2.06. The minimum Gasteiger partial charge on any atom is -0.471 e. The number of rotatable bonds is 8. The second kappa shape index (κ2) is 9.71. The first-order valence-corrected chi connectivity index (χ1v) is 12.0. The van der Waals surface area contributed by atoms with Crippen molar-refractivity contribution in [3.05, 3.63) is 76.9 Å². The highest BCUT2D eigenvalue weighted by atomic mass is 79.9. The molecule has 1 amide bonds. The molecule has 10 nitrogen and oxygen atoms in total. The molecule has 0 saturated carbocycles. The van der Waals surface area contributed by atoms with Gasteiger partial charge in [0.1, 0.15) is 11.4 Å². The largest absolute Gasteiger partial charge is 0.471 e. The lowest BCUT2D eigenvalue weighted by molar-refractivity contribution is 0.102. The molecule has 0 spiro atoms. The smallest absolute Gasteiger partial charge is 0.276 e. The van der Waals surface area contributed by atoms with Gasteiger partial charge in [-0.2, -0.15) is 15.3 Å². The highest BCUT2D eigenvalue weighted by Gasteiger charge is 2.18. The zero-order valence-corrected chi connectivity index (χ0v) is 20.8. The summed E-state index contributed by atoms with van der Waals surface area (Å²) < 4.78 is 11.6. The second-order valence-corrected chi connectivity index (χ2v) is 8.66. The number of hydrogen-bond donors (Lipinski definition) is 1. The van der Waals surface area contributed by atoms with Crippen molar-refractivity contribution in [1.29, 1.82) is 0 Å². The molecule has 0 unspecified atom stereocenters. The van der Waals surface area contributed by atoms with Gasteiger partial charge in [0.15, 0.2) is 18.1 Å². The first kappa shape index (κ1) is 22.8. The van der Waals surface area contributed by atoms with E-state index in [9.17, 15) is 4.79 Å². The van der Waals surface area contributed by atoms with Gasteiger partial charge in [-0.15, -0.1) is 0 Å². The summed E-state index contributed by atoms with van der Waals surface area (Å²) in [5, 5.41) is 16.1. The summed E-state index contributed by atoms with van der Waals surface area (Å²) in [5.74, 6) is 0.391. The van der Waals surface area contributed by atoms with Gasteiger partial charge >= 0.3 is 0 Å². The number of ether oxygens (including phenoxy) is 1. The van der Waals surface area contributed by atoms with Crippen molar-refractivity contribution in [1.82, 2.24) is 34.2 Å². The molecular weight excluding hydrogens is 512 g/mol. The third kappa shape index (κ3) is 4.80. The molecule has 0 fully saturated rings. The maximum Gasteiger partial charge on any atom is 0.276 e. The van der Waals surface area contributed by atoms with Gasteiger partial charge < -0.3 is 10.1 Å². The number of carbonyl (C=O) groups excluding carboxylic acids is 1. The highest BCUT2D eigenvalue weighted by Crippen LogP contribution is 2.27. The number of anilines is 1. The number of benzene rings is 1. The molecule has 5 aromatic rings. The molecule has 0 aliphatic rings. The molecule has 1 aromatic carbocycles. The summed E-state index contributed by atoms with van der Waals surface area (Å²) in [4.78, 5) is 17.2. The molecule has 0 bridgehead atoms. The van der Waals surface area contributed by atoms with Crippen molar-refractivity contribution in [2.24, 2.45) is 0 Å². The molecule has 0 saturated heterocycles. The number of fused-ring (bicyclic) bond motifs is 1. The van der Waals surface area contributed by atoms with Crippen LogP contribution in [0.3, 0.4) is 0 Å². The first-order chi connectivity index (χ1) is 17.0. The normalized spacial score (nSPS) is 11.2. The predicted octanol–water partition coefficient (Wildman–Crippen LogP) is 4.42. The third-order valence-electron chi connectivity index (χ3n) is 5.46. The molecule has 4 heterocycles. The van der Waals surface area contributed by atoms with Gasteiger partial charge in [-0.1, -0.05) is 19.1 Å². The Balaban J connectivity index is 1.29. The zero-order chi connectivity index (χ0) is 24.4. The summed E-state index contributed by atoms with van der Waals surface area (Å²) in [6.45, 7) is 5.09. The molecule has 178 valence electrons. The Morgan fingerprint density at radius 2 is 1.91 bits per heavy atom. The topological polar surface area (TPSA) is 104 Å². The van der Waals surface area contributed by atoms with Crippen LogP contribution in [0.2, 0.25) is 0 Å². The number of aromatic nitrogens is 7. The zero-order valence-electron chi connectivity index (χ0n) is 19.2. The van der Waals surface area contributed by atoms with Crippen molar-refractivity contribution >= 4 is 33.2 Å². The van der Waals surface area contributed by atoms with E-state index in [-0.39, 0.29) is 18.3 Å². The van der Waals surface area contributed by atoms with Crippen LogP contribution in [0.5, 0.6) is 5.75 Å². The molecule has 35 heavy (non-hydrogen) atoms. The molecular formula is C24H23BrN8O2. The van der Waals surface area contributed by atoms with Gasteiger partial charge in [-0.3, -0.25) is 9.48 Å². The Bertz CT molecular complexity index is 1490. The molecule has 1 N–H and O–H groups in total. The van der Waals surface area contributed by atoms with Gasteiger partial charge in [-0.05, 0) is 53.0 Å². The SMILES string of the molecule is CCc1ccc(OCn2cc(NC(=O)c3cc4nccc(-c5nn(CC)cc5Br)n4n3)cn2)cc1. The fourth-order valence-electron chi connectivity index (χ4n) is 3.57. The average Bonchev–Trinajstić information content (AvgIpc) is 3.61. The number of amides is 1. The van der Waals surface area contributed by atoms with Gasteiger partial charge in [0, 0.05) is 25.0 Å². The van der Waals surface area contributed by atoms with E-state index in [1.54, 1.807) is 33.9 Å². The van der Waals surface area contributed by atoms with E-state index in [0.29, 0.717) is 11.3 Å². The summed E-state index contributed by atoms with van der Waals surface area (Å²) in [6.07, 6.45) is 7.82. The van der Waals surface area contributed by atoms with Crippen LogP contribution in [0.15, 0.2) is 65.7 Å². The molecule has 11 heteroatoms. The maximum atomic E-state index is 12.9. The molecule has 0 radical (unpaired) electrons. The summed E-state index contributed by atoms with van der Waals surface area (Å²) >= 11 is 3.55. The Morgan fingerprint density at radius 1 is 1.09 bits per heavy atom. The lowest BCUT2D eigenvalue weighted by Crippen LogP contribution is -2.12. The van der Waals surface area contributed by atoms with E-state index in [0.717, 1.165) is 34.6 Å². The van der Waals surface area contributed by atoms with Crippen LogP contribution < -0.4 is 10.1 Å². The standard InChI is InChI=1S/C24H23BrN8O2/c1-3-16-5-7-18(8-6-16)35-15-32-13-17(12-27-32)28-24(34)20-11-22-26-10-9-21(33(22)29-20)23-19(25)14-31(4-2)30-23/h5-14H,3-4,15H2,1-2H3,(H,28,34). The van der Waals surface area contributed by atoms with Gasteiger partial charge in [0.25, 0.3) is 5.91 Å². The van der Waals surface area contributed by atoms with Crippen LogP contribution in [0.1, 0.15) is 29.9 Å². The maximum absolute atomic E-state index is 12.9. The summed E-state index contributed by atoms with van der Waals surface area (Å²) in [5.41, 5.74) is 4.01. The van der Waals surface area contributed by atoms with Crippen LogP contribution >= 0.6 is 15.9 Å². The monoisotopic (exact) mass is 534 g/mol. The van der Waals surface area contributed by atoms with Crippen molar-refractivity contribution in [3.8, 4) is 17.1 Å². The minimum atomic E-state index is -0.366. The van der Waals surface area contributed by atoms with Crippen LogP contribution in [0, 0.1) is 0 Å². The number of halogens is 1. The number of carbonyl (C=O) groups is 1. The van der Waals surface area contributed by atoms with E-state index >= 15 is 0 Å². The number of nitrogens with one attached hydrogen (secondary N) is 1. The van der Waals surface area contributed by atoms with Crippen LogP contribution in [0.25, 0.3) is 17.0 Å². The fraction of sp³-hybridized carbons (Fsp3) is 0.208. The molecule has 0 aliphatic heterocycles. The molecule has 0 atom stereocenters. The third-order valence-corrected chi connectivity index (χ3v) is 6.04. The van der Waals surface area contributed by atoms with Crippen LogP contribution in [-0.4, -0.2) is 40.1 Å².